The van der Waals surface area contributed by atoms with E-state index in [2.05, 4.69) is 77.2 Å². The lowest BCUT2D eigenvalue weighted by molar-refractivity contribution is 0.275. The zero-order valence-corrected chi connectivity index (χ0v) is 14.9. The van der Waals surface area contributed by atoms with Crippen molar-refractivity contribution < 1.29 is 0 Å². The molecule has 2 heterocycles. The van der Waals surface area contributed by atoms with Crippen molar-refractivity contribution in [1.82, 2.24) is 14.5 Å². The molecule has 25 heavy (non-hydrogen) atoms. The van der Waals surface area contributed by atoms with E-state index in [9.17, 15) is 0 Å². The van der Waals surface area contributed by atoms with Crippen LogP contribution in [0.25, 0.3) is 11.0 Å². The van der Waals surface area contributed by atoms with E-state index in [1.54, 1.807) is 5.57 Å². The van der Waals surface area contributed by atoms with Gasteiger partial charge in [-0.05, 0) is 37.0 Å². The van der Waals surface area contributed by atoms with Crippen LogP contribution in [0.15, 0.2) is 66.2 Å². The SMILES string of the molecule is Cn1c(CN2CC=C(CCc3ccccc3)CC2)nc2ccccc21. The second-order valence-electron chi connectivity index (χ2n) is 6.91. The van der Waals surface area contributed by atoms with Gasteiger partial charge in [-0.2, -0.15) is 0 Å². The van der Waals surface area contributed by atoms with Crippen molar-refractivity contribution in [2.24, 2.45) is 7.05 Å². The molecule has 0 spiro atoms. The number of benzene rings is 2. The van der Waals surface area contributed by atoms with E-state index < -0.39 is 0 Å². The minimum Gasteiger partial charge on any atom is -0.330 e. The molecule has 3 aromatic rings. The molecule has 3 heteroatoms. The van der Waals surface area contributed by atoms with Crippen molar-refractivity contribution in [3.8, 4) is 0 Å². The van der Waals surface area contributed by atoms with Crippen LogP contribution in [0.2, 0.25) is 0 Å². The number of hydrogen-bond acceptors (Lipinski definition) is 2. The topological polar surface area (TPSA) is 21.1 Å². The summed E-state index contributed by atoms with van der Waals surface area (Å²) < 4.78 is 2.23. The zero-order chi connectivity index (χ0) is 17.1. The van der Waals surface area contributed by atoms with Crippen LogP contribution in [-0.4, -0.2) is 27.5 Å². The number of rotatable bonds is 5. The third-order valence-electron chi connectivity index (χ3n) is 5.21. The molecule has 0 saturated heterocycles. The first-order chi connectivity index (χ1) is 12.3. The normalized spacial score (nSPS) is 15.5. The molecule has 0 bridgehead atoms. The maximum atomic E-state index is 4.80. The number of aryl methyl sites for hydroxylation is 2. The van der Waals surface area contributed by atoms with Crippen molar-refractivity contribution >= 4 is 11.0 Å². The second kappa shape index (κ2) is 7.24. The highest BCUT2D eigenvalue weighted by Gasteiger charge is 2.15. The molecule has 4 rings (SSSR count). The molecular weight excluding hydrogens is 306 g/mol. The van der Waals surface area contributed by atoms with Gasteiger partial charge in [-0.3, -0.25) is 4.90 Å². The highest BCUT2D eigenvalue weighted by Crippen LogP contribution is 2.20. The summed E-state index contributed by atoms with van der Waals surface area (Å²) in [4.78, 5) is 7.30. The standard InChI is InChI=1S/C22H25N3/c1-24-21-10-6-5-9-20(21)23-22(24)17-25-15-13-19(14-16-25)12-11-18-7-3-2-4-8-18/h2-10,13H,11-12,14-17H2,1H3. The molecule has 2 aromatic carbocycles. The van der Waals surface area contributed by atoms with Gasteiger partial charge in [-0.1, -0.05) is 54.1 Å². The van der Waals surface area contributed by atoms with Crippen LogP contribution in [0.5, 0.6) is 0 Å². The highest BCUT2D eigenvalue weighted by atomic mass is 15.2. The predicted octanol–water partition coefficient (Wildman–Crippen LogP) is 4.34. The molecule has 0 aliphatic carbocycles. The minimum absolute atomic E-state index is 0.924. The molecule has 1 aliphatic rings. The molecule has 1 aromatic heterocycles. The molecular formula is C22H25N3. The molecule has 0 saturated carbocycles. The first kappa shape index (κ1) is 16.1. The Morgan fingerprint density at radius 2 is 1.76 bits per heavy atom. The summed E-state index contributed by atoms with van der Waals surface area (Å²) in [7, 11) is 2.12. The monoisotopic (exact) mass is 331 g/mol. The fourth-order valence-electron chi connectivity index (χ4n) is 3.61. The molecule has 3 nitrogen and oxygen atoms in total. The Morgan fingerprint density at radius 3 is 2.52 bits per heavy atom. The van der Waals surface area contributed by atoms with Crippen molar-refractivity contribution in [3.63, 3.8) is 0 Å². The van der Waals surface area contributed by atoms with Gasteiger partial charge in [0.2, 0.25) is 0 Å². The second-order valence-corrected chi connectivity index (χ2v) is 6.91. The van der Waals surface area contributed by atoms with Gasteiger partial charge in [0.15, 0.2) is 0 Å². The summed E-state index contributed by atoms with van der Waals surface area (Å²) >= 11 is 0. The summed E-state index contributed by atoms with van der Waals surface area (Å²) in [6, 6.07) is 19.2. The van der Waals surface area contributed by atoms with E-state index in [4.69, 9.17) is 4.98 Å². The third kappa shape index (κ3) is 3.67. The summed E-state index contributed by atoms with van der Waals surface area (Å²) in [5, 5.41) is 0. The maximum absolute atomic E-state index is 4.80. The van der Waals surface area contributed by atoms with Crippen molar-refractivity contribution in [2.75, 3.05) is 13.1 Å². The molecule has 0 amide bonds. The average molecular weight is 331 g/mol. The van der Waals surface area contributed by atoms with Gasteiger partial charge >= 0.3 is 0 Å². The minimum atomic E-state index is 0.924. The number of nitrogens with zero attached hydrogens (tertiary/aromatic N) is 3. The molecule has 0 atom stereocenters. The van der Waals surface area contributed by atoms with Gasteiger partial charge in [-0.15, -0.1) is 0 Å². The molecule has 0 fully saturated rings. The van der Waals surface area contributed by atoms with Crippen molar-refractivity contribution in [2.45, 2.75) is 25.8 Å². The molecule has 1 aliphatic heterocycles. The Balaban J connectivity index is 1.36. The summed E-state index contributed by atoms with van der Waals surface area (Å²) in [6.45, 7) is 3.09. The number of hydrogen-bond donors (Lipinski definition) is 0. The predicted molar refractivity (Wildman–Crippen MR) is 103 cm³/mol. The first-order valence-electron chi connectivity index (χ1n) is 9.14. The number of fused-ring (bicyclic) bond motifs is 1. The maximum Gasteiger partial charge on any atom is 0.123 e. The Morgan fingerprint density at radius 1 is 0.960 bits per heavy atom. The van der Waals surface area contributed by atoms with Crippen LogP contribution in [0.1, 0.15) is 24.2 Å². The van der Waals surface area contributed by atoms with Gasteiger partial charge in [0.25, 0.3) is 0 Å². The Bertz CT molecular complexity index is 877. The van der Waals surface area contributed by atoms with E-state index in [0.29, 0.717) is 0 Å². The van der Waals surface area contributed by atoms with E-state index in [-0.39, 0.29) is 0 Å². The zero-order valence-electron chi connectivity index (χ0n) is 14.9. The number of imidazole rings is 1. The van der Waals surface area contributed by atoms with E-state index in [1.165, 1.54) is 23.9 Å². The van der Waals surface area contributed by atoms with E-state index >= 15 is 0 Å². The lowest BCUT2D eigenvalue weighted by Gasteiger charge is -2.26. The van der Waals surface area contributed by atoms with Crippen LogP contribution in [0.4, 0.5) is 0 Å². The highest BCUT2D eigenvalue weighted by molar-refractivity contribution is 5.75. The Labute approximate surface area is 149 Å². The van der Waals surface area contributed by atoms with Gasteiger partial charge in [0, 0.05) is 20.1 Å². The lowest BCUT2D eigenvalue weighted by atomic mass is 9.99. The van der Waals surface area contributed by atoms with Gasteiger partial charge in [0.05, 0.1) is 17.6 Å². The van der Waals surface area contributed by atoms with Gasteiger partial charge < -0.3 is 4.57 Å². The van der Waals surface area contributed by atoms with Crippen molar-refractivity contribution in [1.29, 1.82) is 0 Å². The molecule has 128 valence electrons. The summed E-state index contributed by atoms with van der Waals surface area (Å²) in [5.41, 5.74) is 5.35. The molecule has 0 unspecified atom stereocenters. The average Bonchev–Trinajstić information content (AvgIpc) is 2.98. The number of aromatic nitrogens is 2. The van der Waals surface area contributed by atoms with Crippen LogP contribution in [-0.2, 0) is 20.0 Å². The third-order valence-corrected chi connectivity index (χ3v) is 5.21. The number of para-hydroxylation sites is 2. The van der Waals surface area contributed by atoms with Gasteiger partial charge in [-0.25, -0.2) is 4.98 Å². The molecule has 0 radical (unpaired) electrons. The van der Waals surface area contributed by atoms with Crippen LogP contribution >= 0.6 is 0 Å². The lowest BCUT2D eigenvalue weighted by Crippen LogP contribution is -2.29. The first-order valence-corrected chi connectivity index (χ1v) is 9.14. The smallest absolute Gasteiger partial charge is 0.123 e. The van der Waals surface area contributed by atoms with Crippen molar-refractivity contribution in [3.05, 3.63) is 77.6 Å². The van der Waals surface area contributed by atoms with E-state index in [1.807, 2.05) is 0 Å². The fourth-order valence-corrected chi connectivity index (χ4v) is 3.61. The fraction of sp³-hybridized carbons (Fsp3) is 0.318. The van der Waals surface area contributed by atoms with E-state index in [0.717, 1.165) is 37.4 Å². The summed E-state index contributed by atoms with van der Waals surface area (Å²) in [5.74, 6) is 1.15. The van der Waals surface area contributed by atoms with Gasteiger partial charge in [0.1, 0.15) is 5.82 Å². The summed E-state index contributed by atoms with van der Waals surface area (Å²) in [6.07, 6.45) is 5.94. The molecule has 0 N–H and O–H groups in total. The Kier molecular flexibility index (Phi) is 4.66. The van der Waals surface area contributed by atoms with Crippen LogP contribution in [0, 0.1) is 0 Å². The largest absolute Gasteiger partial charge is 0.330 e. The Hall–Kier alpha value is -2.39. The van der Waals surface area contributed by atoms with Crippen LogP contribution < -0.4 is 0 Å². The van der Waals surface area contributed by atoms with Crippen LogP contribution in [0.3, 0.4) is 0 Å². The quantitative estimate of drug-likeness (QED) is 0.649.